The summed E-state index contributed by atoms with van der Waals surface area (Å²) in [5.74, 6) is -0.845. The van der Waals surface area contributed by atoms with Gasteiger partial charge in [0.2, 0.25) is 0 Å². The van der Waals surface area contributed by atoms with Gasteiger partial charge in [0, 0.05) is 25.1 Å². The van der Waals surface area contributed by atoms with Gasteiger partial charge in [0.05, 0.1) is 11.1 Å². The van der Waals surface area contributed by atoms with E-state index in [2.05, 4.69) is 0 Å². The van der Waals surface area contributed by atoms with E-state index in [0.29, 0.717) is 25.8 Å². The molecule has 0 aliphatic carbocycles. The molecule has 0 unspecified atom stereocenters. The number of pyridine rings is 1. The lowest BCUT2D eigenvalue weighted by Gasteiger charge is -2.04. The van der Waals surface area contributed by atoms with Crippen LogP contribution in [0, 0.1) is 10.1 Å². The fourth-order valence-electron chi connectivity index (χ4n) is 1.54. The average molecular weight is 254 g/mol. The summed E-state index contributed by atoms with van der Waals surface area (Å²) >= 11 is 0. The lowest BCUT2D eigenvalue weighted by Crippen LogP contribution is -2.18. The maximum absolute atomic E-state index is 11.4. The Balaban J connectivity index is 2.51. The minimum absolute atomic E-state index is 0.101. The number of aliphatic carboxylic acids is 1. The maximum atomic E-state index is 11.4. The number of nitro groups is 1. The Morgan fingerprint density at radius 1 is 1.33 bits per heavy atom. The lowest BCUT2D eigenvalue weighted by atomic mass is 10.2. The smallest absolute Gasteiger partial charge is 0.303 e. The Labute approximate surface area is 103 Å². The number of aryl methyl sites for hydroxylation is 1. The molecule has 0 radical (unpaired) electrons. The van der Waals surface area contributed by atoms with Crippen molar-refractivity contribution >= 4 is 11.7 Å². The van der Waals surface area contributed by atoms with Crippen LogP contribution in [0.2, 0.25) is 0 Å². The molecule has 1 heterocycles. The van der Waals surface area contributed by atoms with Crippen LogP contribution in [0.5, 0.6) is 0 Å². The molecule has 0 fully saturated rings. The Bertz CT molecular complexity index is 494. The molecule has 1 aromatic rings. The van der Waals surface area contributed by atoms with Gasteiger partial charge in [-0.05, 0) is 12.8 Å². The summed E-state index contributed by atoms with van der Waals surface area (Å²) in [6.07, 6.45) is 3.14. The van der Waals surface area contributed by atoms with Crippen LogP contribution in [0.3, 0.4) is 0 Å². The second kappa shape index (κ2) is 6.53. The number of hydrogen-bond acceptors (Lipinski definition) is 4. The zero-order valence-electron chi connectivity index (χ0n) is 9.74. The van der Waals surface area contributed by atoms with Crippen molar-refractivity contribution in [1.82, 2.24) is 4.57 Å². The minimum atomic E-state index is -0.845. The molecule has 0 aromatic carbocycles. The topological polar surface area (TPSA) is 102 Å². The lowest BCUT2D eigenvalue weighted by molar-refractivity contribution is -0.385. The zero-order chi connectivity index (χ0) is 13.5. The van der Waals surface area contributed by atoms with Gasteiger partial charge in [0.25, 0.3) is 11.2 Å². The number of aromatic nitrogens is 1. The summed E-state index contributed by atoms with van der Waals surface area (Å²) in [7, 11) is 0. The molecule has 0 bridgehead atoms. The van der Waals surface area contributed by atoms with E-state index in [1.807, 2.05) is 0 Å². The summed E-state index contributed by atoms with van der Waals surface area (Å²) < 4.78 is 1.28. The Hall–Kier alpha value is -2.18. The number of unbranched alkanes of at least 4 members (excludes halogenated alkanes) is 2. The summed E-state index contributed by atoms with van der Waals surface area (Å²) in [5.41, 5.74) is -0.418. The molecular weight excluding hydrogens is 240 g/mol. The summed E-state index contributed by atoms with van der Waals surface area (Å²) in [6, 6.07) is 2.33. The highest BCUT2D eigenvalue weighted by atomic mass is 16.6. The number of rotatable bonds is 7. The zero-order valence-corrected chi connectivity index (χ0v) is 9.74. The van der Waals surface area contributed by atoms with Gasteiger partial charge in [-0.15, -0.1) is 0 Å². The molecule has 1 N–H and O–H groups in total. The van der Waals surface area contributed by atoms with Crippen molar-refractivity contribution < 1.29 is 14.8 Å². The number of hydrogen-bond donors (Lipinski definition) is 1. The predicted molar refractivity (Wildman–Crippen MR) is 63.5 cm³/mol. The van der Waals surface area contributed by atoms with E-state index in [1.165, 1.54) is 16.8 Å². The van der Waals surface area contributed by atoms with Crippen molar-refractivity contribution in [1.29, 1.82) is 0 Å². The highest BCUT2D eigenvalue weighted by Crippen LogP contribution is 2.08. The predicted octanol–water partition coefficient (Wildman–Crippen LogP) is 1.40. The van der Waals surface area contributed by atoms with Crippen molar-refractivity contribution in [3.63, 3.8) is 0 Å². The Morgan fingerprint density at radius 2 is 2.06 bits per heavy atom. The second-order valence-corrected chi connectivity index (χ2v) is 3.88. The molecule has 0 amide bonds. The Kier molecular flexibility index (Phi) is 5.04. The van der Waals surface area contributed by atoms with Crippen LogP contribution in [0.1, 0.15) is 25.7 Å². The maximum Gasteiger partial charge on any atom is 0.303 e. The third-order valence-corrected chi connectivity index (χ3v) is 2.47. The molecule has 1 aromatic heterocycles. The number of carbonyl (C=O) groups is 1. The molecule has 0 saturated carbocycles. The summed E-state index contributed by atoms with van der Waals surface area (Å²) in [4.78, 5) is 31.7. The Morgan fingerprint density at radius 3 is 2.67 bits per heavy atom. The number of carboxylic acid groups (broad SMARTS) is 1. The van der Waals surface area contributed by atoms with Crippen molar-refractivity contribution in [3.8, 4) is 0 Å². The van der Waals surface area contributed by atoms with Gasteiger partial charge in [0.1, 0.15) is 0 Å². The molecule has 7 nitrogen and oxygen atoms in total. The first-order valence-electron chi connectivity index (χ1n) is 5.57. The molecule has 98 valence electrons. The SMILES string of the molecule is O=C(O)CCCCCn1cc([N+](=O)[O-])ccc1=O. The van der Waals surface area contributed by atoms with Gasteiger partial charge in [0.15, 0.2) is 0 Å². The number of carboxylic acids is 1. The van der Waals surface area contributed by atoms with Crippen LogP contribution in [-0.2, 0) is 11.3 Å². The normalized spacial score (nSPS) is 10.2. The second-order valence-electron chi connectivity index (χ2n) is 3.88. The van der Waals surface area contributed by atoms with E-state index < -0.39 is 10.9 Å². The van der Waals surface area contributed by atoms with Crippen molar-refractivity contribution in [3.05, 3.63) is 38.8 Å². The van der Waals surface area contributed by atoms with E-state index >= 15 is 0 Å². The van der Waals surface area contributed by atoms with Gasteiger partial charge >= 0.3 is 5.97 Å². The third kappa shape index (κ3) is 4.36. The van der Waals surface area contributed by atoms with Crippen LogP contribution in [0.25, 0.3) is 0 Å². The molecule has 0 saturated heterocycles. The quantitative estimate of drug-likeness (QED) is 0.450. The molecule has 0 aliphatic rings. The minimum Gasteiger partial charge on any atom is -0.481 e. The third-order valence-electron chi connectivity index (χ3n) is 2.47. The van der Waals surface area contributed by atoms with Crippen molar-refractivity contribution in [2.24, 2.45) is 0 Å². The van der Waals surface area contributed by atoms with Gasteiger partial charge < -0.3 is 9.67 Å². The molecule has 0 atom stereocenters. The van der Waals surface area contributed by atoms with Gasteiger partial charge in [-0.3, -0.25) is 19.7 Å². The standard InChI is InChI=1S/C11H14N2O5/c14-10-6-5-9(13(17)18)8-12(10)7-3-1-2-4-11(15)16/h5-6,8H,1-4,7H2,(H,15,16). The molecular formula is C11H14N2O5. The van der Waals surface area contributed by atoms with E-state index in [-0.39, 0.29) is 17.7 Å². The fraction of sp³-hybridized carbons (Fsp3) is 0.455. The molecule has 1 rings (SSSR count). The average Bonchev–Trinajstić information content (AvgIpc) is 2.30. The van der Waals surface area contributed by atoms with E-state index in [9.17, 15) is 19.7 Å². The molecule has 0 spiro atoms. The summed E-state index contributed by atoms with van der Waals surface area (Å²) in [6.45, 7) is 0.361. The van der Waals surface area contributed by atoms with Crippen LogP contribution in [-0.4, -0.2) is 20.6 Å². The first kappa shape index (κ1) is 13.9. The summed E-state index contributed by atoms with van der Waals surface area (Å²) in [5, 5.41) is 19.0. The van der Waals surface area contributed by atoms with E-state index in [4.69, 9.17) is 5.11 Å². The van der Waals surface area contributed by atoms with Crippen LogP contribution >= 0.6 is 0 Å². The monoisotopic (exact) mass is 254 g/mol. The molecule has 18 heavy (non-hydrogen) atoms. The van der Waals surface area contributed by atoms with Crippen molar-refractivity contribution in [2.75, 3.05) is 0 Å². The molecule has 7 heteroatoms. The van der Waals surface area contributed by atoms with Gasteiger partial charge in [-0.1, -0.05) is 6.42 Å². The van der Waals surface area contributed by atoms with Gasteiger partial charge in [-0.25, -0.2) is 0 Å². The largest absolute Gasteiger partial charge is 0.481 e. The fourth-order valence-corrected chi connectivity index (χ4v) is 1.54. The van der Waals surface area contributed by atoms with Gasteiger partial charge in [-0.2, -0.15) is 0 Å². The first-order valence-corrected chi connectivity index (χ1v) is 5.57. The van der Waals surface area contributed by atoms with Crippen molar-refractivity contribution in [2.45, 2.75) is 32.2 Å². The van der Waals surface area contributed by atoms with Crippen LogP contribution < -0.4 is 5.56 Å². The van der Waals surface area contributed by atoms with E-state index in [1.54, 1.807) is 0 Å². The molecule has 0 aliphatic heterocycles. The highest BCUT2D eigenvalue weighted by Gasteiger charge is 2.07. The van der Waals surface area contributed by atoms with Crippen LogP contribution in [0.4, 0.5) is 5.69 Å². The highest BCUT2D eigenvalue weighted by molar-refractivity contribution is 5.66. The van der Waals surface area contributed by atoms with E-state index in [0.717, 1.165) is 6.07 Å². The number of nitrogens with zero attached hydrogens (tertiary/aromatic N) is 2. The van der Waals surface area contributed by atoms with Crippen LogP contribution in [0.15, 0.2) is 23.1 Å². The first-order chi connectivity index (χ1) is 8.50.